The van der Waals surface area contributed by atoms with Crippen LogP contribution in [0.15, 0.2) is 24.3 Å². The quantitative estimate of drug-likeness (QED) is 0.855. The fourth-order valence-electron chi connectivity index (χ4n) is 2.46. The van der Waals surface area contributed by atoms with E-state index in [2.05, 4.69) is 11.4 Å². The van der Waals surface area contributed by atoms with Crippen LogP contribution in [-0.4, -0.2) is 36.7 Å². The van der Waals surface area contributed by atoms with Gasteiger partial charge in [-0.1, -0.05) is 12.1 Å². The number of carbonyl (C=O) groups is 2. The summed E-state index contributed by atoms with van der Waals surface area (Å²) in [5.41, 5.74) is 0.0566. The lowest BCUT2D eigenvalue weighted by molar-refractivity contribution is -0.132. The van der Waals surface area contributed by atoms with Crippen molar-refractivity contribution >= 4 is 11.9 Å². The molecule has 1 heterocycles. The fourth-order valence-corrected chi connectivity index (χ4v) is 2.46. The molecule has 0 radical (unpaired) electrons. The Morgan fingerprint density at radius 3 is 2.73 bits per heavy atom. The largest absolute Gasteiger partial charge is 0.478 e. The van der Waals surface area contributed by atoms with Gasteiger partial charge in [0.1, 0.15) is 5.41 Å². The molecule has 0 aromatic heterocycles. The Balaban J connectivity index is 1.90. The van der Waals surface area contributed by atoms with Gasteiger partial charge in [-0.2, -0.15) is 5.26 Å². The van der Waals surface area contributed by atoms with Crippen molar-refractivity contribution in [2.75, 3.05) is 19.8 Å². The average molecular weight is 302 g/mol. The number of nitriles is 1. The van der Waals surface area contributed by atoms with Gasteiger partial charge in [-0.15, -0.1) is 0 Å². The average Bonchev–Trinajstić information content (AvgIpc) is 2.55. The minimum absolute atomic E-state index is 0.224. The molecule has 1 fully saturated rings. The molecule has 1 saturated heterocycles. The molecule has 1 aliphatic heterocycles. The number of hydrogen-bond acceptors (Lipinski definition) is 4. The van der Waals surface area contributed by atoms with Crippen LogP contribution in [0.25, 0.3) is 0 Å². The number of hydrogen-bond donors (Lipinski definition) is 2. The van der Waals surface area contributed by atoms with Gasteiger partial charge in [0, 0.05) is 19.8 Å². The molecule has 2 N–H and O–H groups in total. The van der Waals surface area contributed by atoms with Gasteiger partial charge < -0.3 is 15.2 Å². The Bertz CT molecular complexity index is 600. The lowest BCUT2D eigenvalue weighted by Crippen LogP contribution is -2.44. The Morgan fingerprint density at radius 1 is 1.36 bits per heavy atom. The molecule has 1 aromatic carbocycles. The Hall–Kier alpha value is -2.39. The molecule has 1 aliphatic rings. The molecule has 6 nitrogen and oxygen atoms in total. The fraction of sp³-hybridized carbons (Fsp3) is 0.438. The van der Waals surface area contributed by atoms with E-state index in [1.165, 1.54) is 6.07 Å². The summed E-state index contributed by atoms with van der Waals surface area (Å²) in [4.78, 5) is 23.1. The maximum absolute atomic E-state index is 12.2. The lowest BCUT2D eigenvalue weighted by atomic mass is 9.81. The molecule has 0 unspecified atom stereocenters. The third-order valence-electron chi connectivity index (χ3n) is 3.87. The summed E-state index contributed by atoms with van der Waals surface area (Å²) in [5, 5.41) is 21.0. The van der Waals surface area contributed by atoms with Gasteiger partial charge in [-0.3, -0.25) is 4.79 Å². The molecule has 0 bridgehead atoms. The molecule has 22 heavy (non-hydrogen) atoms. The number of carboxylic acids is 1. The van der Waals surface area contributed by atoms with Gasteiger partial charge in [-0.25, -0.2) is 4.79 Å². The molecule has 6 heteroatoms. The van der Waals surface area contributed by atoms with Crippen molar-refractivity contribution in [3.63, 3.8) is 0 Å². The van der Waals surface area contributed by atoms with Gasteiger partial charge in [-0.05, 0) is 37.0 Å². The van der Waals surface area contributed by atoms with Crippen molar-refractivity contribution < 1.29 is 19.4 Å². The van der Waals surface area contributed by atoms with E-state index >= 15 is 0 Å². The van der Waals surface area contributed by atoms with E-state index in [4.69, 9.17) is 9.84 Å². The van der Waals surface area contributed by atoms with E-state index < -0.39 is 11.4 Å². The SMILES string of the molecule is N#CC1(C(=O)NCCc2cccc(C(=O)O)c2)CCOCC1. The monoisotopic (exact) mass is 302 g/mol. The van der Waals surface area contributed by atoms with Crippen molar-refractivity contribution in [1.82, 2.24) is 5.32 Å². The first kappa shape index (κ1) is 16.0. The second-order valence-corrected chi connectivity index (χ2v) is 5.32. The molecule has 0 spiro atoms. The molecular formula is C16H18N2O4. The second-order valence-electron chi connectivity index (χ2n) is 5.32. The highest BCUT2D eigenvalue weighted by molar-refractivity contribution is 5.87. The second kappa shape index (κ2) is 7.05. The third kappa shape index (κ3) is 3.62. The van der Waals surface area contributed by atoms with Crippen LogP contribution < -0.4 is 5.32 Å². The Labute approximate surface area is 128 Å². The van der Waals surface area contributed by atoms with Gasteiger partial charge >= 0.3 is 5.97 Å². The minimum Gasteiger partial charge on any atom is -0.478 e. The first-order chi connectivity index (χ1) is 10.6. The number of carbonyl (C=O) groups excluding carboxylic acids is 1. The van der Waals surface area contributed by atoms with Crippen LogP contribution in [0.3, 0.4) is 0 Å². The highest BCUT2D eigenvalue weighted by Crippen LogP contribution is 2.29. The maximum Gasteiger partial charge on any atom is 0.335 e. The van der Waals surface area contributed by atoms with Crippen molar-refractivity contribution in [2.24, 2.45) is 5.41 Å². The Morgan fingerprint density at radius 2 is 2.09 bits per heavy atom. The molecule has 1 aromatic rings. The maximum atomic E-state index is 12.2. The number of nitrogens with zero attached hydrogens (tertiary/aromatic N) is 1. The van der Waals surface area contributed by atoms with Gasteiger partial charge in [0.2, 0.25) is 5.91 Å². The summed E-state index contributed by atoms with van der Waals surface area (Å²) < 4.78 is 5.20. The Kier molecular flexibility index (Phi) is 5.12. The molecule has 0 aliphatic carbocycles. The highest BCUT2D eigenvalue weighted by Gasteiger charge is 2.40. The first-order valence-corrected chi connectivity index (χ1v) is 7.17. The lowest BCUT2D eigenvalue weighted by Gasteiger charge is -2.29. The number of carboxylic acid groups (broad SMARTS) is 1. The molecule has 0 saturated carbocycles. The summed E-state index contributed by atoms with van der Waals surface area (Å²) in [5.74, 6) is -1.25. The van der Waals surface area contributed by atoms with Gasteiger partial charge in [0.25, 0.3) is 0 Å². The van der Waals surface area contributed by atoms with Crippen molar-refractivity contribution in [3.8, 4) is 6.07 Å². The van der Waals surface area contributed by atoms with E-state index in [0.717, 1.165) is 5.56 Å². The van der Waals surface area contributed by atoms with E-state index in [0.29, 0.717) is 39.0 Å². The van der Waals surface area contributed by atoms with Crippen LogP contribution in [0.1, 0.15) is 28.8 Å². The number of nitrogens with one attached hydrogen (secondary N) is 1. The number of rotatable bonds is 5. The zero-order valence-corrected chi connectivity index (χ0v) is 12.2. The van der Waals surface area contributed by atoms with Crippen molar-refractivity contribution in [3.05, 3.63) is 35.4 Å². The minimum atomic E-state index is -0.999. The standard InChI is InChI=1S/C16H18N2O4/c17-11-16(5-8-22-9-6-16)15(21)18-7-4-12-2-1-3-13(10-12)14(19)20/h1-3,10H,4-9H2,(H,18,21)(H,19,20). The number of aromatic carboxylic acids is 1. The van der Waals surface area contributed by atoms with Gasteiger partial charge in [0.05, 0.1) is 11.6 Å². The predicted molar refractivity (Wildman–Crippen MR) is 78.2 cm³/mol. The van der Waals surface area contributed by atoms with E-state index in [-0.39, 0.29) is 11.5 Å². The summed E-state index contributed by atoms with van der Waals surface area (Å²) >= 11 is 0. The zero-order valence-electron chi connectivity index (χ0n) is 12.2. The summed E-state index contributed by atoms with van der Waals surface area (Å²) in [6, 6.07) is 8.72. The third-order valence-corrected chi connectivity index (χ3v) is 3.87. The molecule has 1 amide bonds. The summed E-state index contributed by atoms with van der Waals surface area (Å²) in [7, 11) is 0. The molecule has 2 rings (SSSR count). The molecule has 116 valence electrons. The zero-order chi connectivity index (χ0) is 16.0. The summed E-state index contributed by atoms with van der Waals surface area (Å²) in [6.45, 7) is 1.20. The van der Waals surface area contributed by atoms with Crippen LogP contribution in [0.4, 0.5) is 0 Å². The number of benzene rings is 1. The van der Waals surface area contributed by atoms with Crippen LogP contribution in [0, 0.1) is 16.7 Å². The number of amides is 1. The van der Waals surface area contributed by atoms with E-state index in [9.17, 15) is 14.9 Å². The highest BCUT2D eigenvalue weighted by atomic mass is 16.5. The number of ether oxygens (including phenoxy) is 1. The van der Waals surface area contributed by atoms with Crippen LogP contribution in [0.2, 0.25) is 0 Å². The van der Waals surface area contributed by atoms with Crippen molar-refractivity contribution in [1.29, 1.82) is 5.26 Å². The van der Waals surface area contributed by atoms with Crippen LogP contribution in [-0.2, 0) is 16.0 Å². The van der Waals surface area contributed by atoms with E-state index in [1.807, 2.05) is 6.07 Å². The van der Waals surface area contributed by atoms with Crippen LogP contribution >= 0.6 is 0 Å². The van der Waals surface area contributed by atoms with Gasteiger partial charge in [0.15, 0.2) is 0 Å². The topological polar surface area (TPSA) is 99.4 Å². The van der Waals surface area contributed by atoms with Crippen molar-refractivity contribution in [2.45, 2.75) is 19.3 Å². The normalized spacial score (nSPS) is 16.5. The smallest absolute Gasteiger partial charge is 0.335 e. The first-order valence-electron chi connectivity index (χ1n) is 7.17. The molecular weight excluding hydrogens is 284 g/mol. The van der Waals surface area contributed by atoms with Crippen LogP contribution in [0.5, 0.6) is 0 Å². The van der Waals surface area contributed by atoms with E-state index in [1.54, 1.807) is 12.1 Å². The predicted octanol–water partition coefficient (Wildman–Crippen LogP) is 1.36. The molecule has 0 atom stereocenters. The summed E-state index contributed by atoms with van der Waals surface area (Å²) in [6.07, 6.45) is 1.33.